The molecule has 0 saturated carbocycles. The number of rotatable bonds is 3. The van der Waals surface area contributed by atoms with E-state index in [2.05, 4.69) is 4.98 Å². The van der Waals surface area contributed by atoms with Gasteiger partial charge in [0.05, 0.1) is 11.4 Å². The van der Waals surface area contributed by atoms with Gasteiger partial charge in [-0.25, -0.2) is 4.79 Å². The van der Waals surface area contributed by atoms with Crippen molar-refractivity contribution >= 4 is 34.6 Å². The van der Waals surface area contributed by atoms with E-state index in [9.17, 15) is 9.59 Å². The second-order valence-electron chi connectivity index (χ2n) is 3.20. The number of aromatic amines is 1. The SMILES string of the molecule is O=C(C=Cc1ccc2[nH]c(=O)oc2c1)CCl. The molecule has 0 aliphatic heterocycles. The maximum absolute atomic E-state index is 11.0. The zero-order valence-electron chi connectivity index (χ0n) is 8.20. The van der Waals surface area contributed by atoms with Crippen molar-refractivity contribution in [3.63, 3.8) is 0 Å². The Morgan fingerprint density at radius 2 is 2.31 bits per heavy atom. The maximum Gasteiger partial charge on any atom is 0.417 e. The van der Waals surface area contributed by atoms with E-state index in [1.165, 1.54) is 6.08 Å². The van der Waals surface area contributed by atoms with Gasteiger partial charge in [0.2, 0.25) is 0 Å². The predicted molar refractivity (Wildman–Crippen MR) is 61.6 cm³/mol. The maximum atomic E-state index is 11.0. The number of ketones is 1. The minimum absolute atomic E-state index is 0.0437. The first-order valence-electron chi connectivity index (χ1n) is 4.59. The highest BCUT2D eigenvalue weighted by Crippen LogP contribution is 2.13. The van der Waals surface area contributed by atoms with Crippen LogP contribution in [0.4, 0.5) is 0 Å². The molecule has 5 heteroatoms. The average molecular weight is 238 g/mol. The van der Waals surface area contributed by atoms with E-state index < -0.39 is 5.76 Å². The molecule has 16 heavy (non-hydrogen) atoms. The van der Waals surface area contributed by atoms with Crippen LogP contribution < -0.4 is 5.76 Å². The number of allylic oxidation sites excluding steroid dienone is 1. The van der Waals surface area contributed by atoms with E-state index in [1.807, 2.05) is 0 Å². The molecule has 2 rings (SSSR count). The molecule has 0 bridgehead atoms. The number of H-pyrrole nitrogens is 1. The number of nitrogens with one attached hydrogen (secondary N) is 1. The lowest BCUT2D eigenvalue weighted by Crippen LogP contribution is -1.92. The van der Waals surface area contributed by atoms with Crippen molar-refractivity contribution in [1.82, 2.24) is 4.98 Å². The monoisotopic (exact) mass is 237 g/mol. The number of halogens is 1. The second kappa shape index (κ2) is 4.37. The summed E-state index contributed by atoms with van der Waals surface area (Å²) < 4.78 is 4.89. The number of hydrogen-bond donors (Lipinski definition) is 1. The molecule has 1 N–H and O–H groups in total. The normalized spacial score (nSPS) is 11.3. The summed E-state index contributed by atoms with van der Waals surface area (Å²) in [6.45, 7) is 0. The van der Waals surface area contributed by atoms with Gasteiger partial charge in [0.1, 0.15) is 0 Å². The number of carbonyl (C=O) groups excluding carboxylic acids is 1. The Bertz CT molecular complexity index is 609. The largest absolute Gasteiger partial charge is 0.417 e. The fourth-order valence-electron chi connectivity index (χ4n) is 1.30. The molecule has 2 aromatic rings. The summed E-state index contributed by atoms with van der Waals surface area (Å²) in [4.78, 5) is 24.4. The summed E-state index contributed by atoms with van der Waals surface area (Å²) in [6.07, 6.45) is 3.01. The molecule has 1 heterocycles. The minimum atomic E-state index is -0.493. The smallest absolute Gasteiger partial charge is 0.408 e. The summed E-state index contributed by atoms with van der Waals surface area (Å²) in [6, 6.07) is 5.15. The number of alkyl halides is 1. The fourth-order valence-corrected chi connectivity index (χ4v) is 1.39. The van der Waals surface area contributed by atoms with Gasteiger partial charge < -0.3 is 4.42 Å². The minimum Gasteiger partial charge on any atom is -0.408 e. The molecule has 0 fully saturated rings. The molecule has 82 valence electrons. The molecule has 0 aliphatic carbocycles. The number of benzene rings is 1. The third kappa shape index (κ3) is 2.23. The van der Waals surface area contributed by atoms with Crippen molar-refractivity contribution in [2.75, 3.05) is 5.88 Å². The number of fused-ring (bicyclic) bond motifs is 1. The number of oxazole rings is 1. The molecule has 0 atom stereocenters. The Labute approximate surface area is 95.5 Å². The third-order valence-corrected chi connectivity index (χ3v) is 2.30. The van der Waals surface area contributed by atoms with Gasteiger partial charge in [0.15, 0.2) is 11.4 Å². The first kappa shape index (κ1) is 10.7. The van der Waals surface area contributed by atoms with Gasteiger partial charge in [0.25, 0.3) is 0 Å². The Morgan fingerprint density at radius 1 is 1.50 bits per heavy atom. The third-order valence-electron chi connectivity index (χ3n) is 2.04. The zero-order valence-corrected chi connectivity index (χ0v) is 8.95. The van der Waals surface area contributed by atoms with Crippen LogP contribution in [0.1, 0.15) is 5.56 Å². The number of carbonyl (C=O) groups is 1. The van der Waals surface area contributed by atoms with Crippen LogP contribution in [-0.4, -0.2) is 16.6 Å². The Kier molecular flexibility index (Phi) is 2.92. The van der Waals surface area contributed by atoms with E-state index >= 15 is 0 Å². The van der Waals surface area contributed by atoms with Crippen LogP contribution in [0.2, 0.25) is 0 Å². The highest BCUT2D eigenvalue weighted by atomic mass is 35.5. The van der Waals surface area contributed by atoms with Crippen LogP contribution in [0, 0.1) is 0 Å². The van der Waals surface area contributed by atoms with Gasteiger partial charge >= 0.3 is 5.76 Å². The number of aromatic nitrogens is 1. The lowest BCUT2D eigenvalue weighted by molar-refractivity contribution is -0.112. The lowest BCUT2D eigenvalue weighted by atomic mass is 10.2. The van der Waals surface area contributed by atoms with Gasteiger partial charge in [-0.3, -0.25) is 9.78 Å². The zero-order chi connectivity index (χ0) is 11.5. The summed E-state index contributed by atoms with van der Waals surface area (Å²) in [5.74, 6) is -0.705. The number of hydrogen-bond acceptors (Lipinski definition) is 3. The van der Waals surface area contributed by atoms with E-state index in [1.54, 1.807) is 24.3 Å². The van der Waals surface area contributed by atoms with Gasteiger partial charge in [-0.05, 0) is 23.8 Å². The van der Waals surface area contributed by atoms with Crippen LogP contribution >= 0.6 is 11.6 Å². The molecule has 1 aromatic heterocycles. The van der Waals surface area contributed by atoms with Gasteiger partial charge in [-0.15, -0.1) is 11.6 Å². The topological polar surface area (TPSA) is 63.1 Å². The van der Waals surface area contributed by atoms with Gasteiger partial charge in [0, 0.05) is 0 Å². The van der Waals surface area contributed by atoms with Crippen LogP contribution in [-0.2, 0) is 4.79 Å². The first-order chi connectivity index (χ1) is 7.69. The predicted octanol–water partition coefficient (Wildman–Crippen LogP) is 1.94. The molecule has 0 saturated heterocycles. The van der Waals surface area contributed by atoms with Crippen LogP contribution in [0.15, 0.2) is 33.5 Å². The van der Waals surface area contributed by atoms with Crippen molar-refractivity contribution in [3.05, 3.63) is 40.4 Å². The van der Waals surface area contributed by atoms with Crippen LogP contribution in [0.25, 0.3) is 17.2 Å². The van der Waals surface area contributed by atoms with E-state index in [4.69, 9.17) is 16.0 Å². The Morgan fingerprint density at radius 3 is 3.06 bits per heavy atom. The molecule has 0 unspecified atom stereocenters. The lowest BCUT2D eigenvalue weighted by Gasteiger charge is -1.92. The summed E-state index contributed by atoms with van der Waals surface area (Å²) in [5, 5.41) is 0. The second-order valence-corrected chi connectivity index (χ2v) is 3.47. The highest BCUT2D eigenvalue weighted by Gasteiger charge is 2.00. The molecule has 4 nitrogen and oxygen atoms in total. The van der Waals surface area contributed by atoms with Crippen molar-refractivity contribution in [2.24, 2.45) is 0 Å². The summed E-state index contributed by atoms with van der Waals surface area (Å²) >= 11 is 5.35. The molecule has 0 spiro atoms. The van der Waals surface area contributed by atoms with Crippen molar-refractivity contribution in [2.45, 2.75) is 0 Å². The van der Waals surface area contributed by atoms with Crippen LogP contribution in [0.3, 0.4) is 0 Å². The van der Waals surface area contributed by atoms with Crippen molar-refractivity contribution in [1.29, 1.82) is 0 Å². The standard InChI is InChI=1S/C11H8ClNO3/c12-6-8(14)3-1-7-2-4-9-10(5-7)16-11(15)13-9/h1-5H,6H2,(H,13,15). The van der Waals surface area contributed by atoms with E-state index in [0.717, 1.165) is 5.56 Å². The van der Waals surface area contributed by atoms with Crippen molar-refractivity contribution < 1.29 is 9.21 Å². The molecule has 0 radical (unpaired) electrons. The van der Waals surface area contributed by atoms with Gasteiger partial charge in [-0.1, -0.05) is 12.1 Å². The Balaban J connectivity index is 2.35. The van der Waals surface area contributed by atoms with Gasteiger partial charge in [-0.2, -0.15) is 0 Å². The highest BCUT2D eigenvalue weighted by molar-refractivity contribution is 6.29. The first-order valence-corrected chi connectivity index (χ1v) is 5.12. The van der Waals surface area contributed by atoms with Crippen LogP contribution in [0.5, 0.6) is 0 Å². The summed E-state index contributed by atoms with van der Waals surface area (Å²) in [7, 11) is 0. The van der Waals surface area contributed by atoms with E-state index in [-0.39, 0.29) is 11.7 Å². The molecule has 0 aliphatic rings. The van der Waals surface area contributed by atoms with Crippen molar-refractivity contribution in [3.8, 4) is 0 Å². The molecular weight excluding hydrogens is 230 g/mol. The molecular formula is C11H8ClNO3. The average Bonchev–Trinajstić information content (AvgIpc) is 2.65. The molecule has 1 aromatic carbocycles. The molecule has 0 amide bonds. The van der Waals surface area contributed by atoms with E-state index in [0.29, 0.717) is 11.1 Å². The summed E-state index contributed by atoms with van der Waals surface area (Å²) in [5.41, 5.74) is 1.87. The quantitative estimate of drug-likeness (QED) is 0.656. The Hall–Kier alpha value is -1.81. The fraction of sp³-hybridized carbons (Fsp3) is 0.0909.